The van der Waals surface area contributed by atoms with E-state index in [2.05, 4.69) is 14.5 Å². The zero-order valence-electron chi connectivity index (χ0n) is 11.2. The van der Waals surface area contributed by atoms with Crippen molar-refractivity contribution in [2.45, 2.75) is 50.7 Å². The summed E-state index contributed by atoms with van der Waals surface area (Å²) in [7, 11) is 0. The number of ether oxygens (including phenoxy) is 1. The first-order valence-electron chi connectivity index (χ1n) is 7.25. The van der Waals surface area contributed by atoms with Crippen molar-refractivity contribution >= 4 is 11.5 Å². The normalized spacial score (nSPS) is 29.5. The Balaban J connectivity index is 1.45. The highest BCUT2D eigenvalue weighted by atomic mass is 32.1. The second kappa shape index (κ2) is 5.26. The molecule has 0 radical (unpaired) electrons. The van der Waals surface area contributed by atoms with Gasteiger partial charge in [-0.3, -0.25) is 0 Å². The summed E-state index contributed by atoms with van der Waals surface area (Å²) in [6.07, 6.45) is 7.14. The number of aromatic nitrogens is 3. The third kappa shape index (κ3) is 2.38. The van der Waals surface area contributed by atoms with Gasteiger partial charge < -0.3 is 9.26 Å². The molecule has 0 bridgehead atoms. The van der Waals surface area contributed by atoms with Crippen molar-refractivity contribution in [3.8, 4) is 0 Å². The minimum Gasteiger partial charge on any atom is -0.365 e. The molecule has 20 heavy (non-hydrogen) atoms. The van der Waals surface area contributed by atoms with Crippen LogP contribution >= 0.6 is 11.5 Å². The van der Waals surface area contributed by atoms with Crippen molar-refractivity contribution in [1.29, 1.82) is 0 Å². The van der Waals surface area contributed by atoms with E-state index in [4.69, 9.17) is 9.26 Å². The smallest absolute Gasteiger partial charge is 0.255 e. The molecule has 6 heteroatoms. The van der Waals surface area contributed by atoms with Crippen LogP contribution in [0.4, 0.5) is 0 Å². The van der Waals surface area contributed by atoms with Crippen LogP contribution in [0.1, 0.15) is 55.6 Å². The monoisotopic (exact) mass is 291 g/mol. The first-order chi connectivity index (χ1) is 9.88. The van der Waals surface area contributed by atoms with Gasteiger partial charge in [-0.05, 0) is 42.8 Å². The quantitative estimate of drug-likeness (QED) is 0.869. The molecule has 2 aromatic rings. The molecule has 2 aromatic heterocycles. The van der Waals surface area contributed by atoms with Crippen molar-refractivity contribution < 1.29 is 9.26 Å². The van der Waals surface area contributed by atoms with Crippen LogP contribution in [0.25, 0.3) is 0 Å². The number of hydrogen-bond acceptors (Lipinski definition) is 6. The summed E-state index contributed by atoms with van der Waals surface area (Å²) in [6, 6.07) is 1.99. The Kier molecular flexibility index (Phi) is 3.28. The van der Waals surface area contributed by atoms with Crippen LogP contribution in [0, 0.1) is 5.92 Å². The van der Waals surface area contributed by atoms with Crippen LogP contribution in [0.15, 0.2) is 16.0 Å². The molecule has 3 atom stereocenters. The van der Waals surface area contributed by atoms with E-state index in [-0.39, 0.29) is 6.10 Å². The van der Waals surface area contributed by atoms with Gasteiger partial charge in [0.15, 0.2) is 5.82 Å². The third-order valence-corrected chi connectivity index (χ3v) is 4.88. The van der Waals surface area contributed by atoms with Gasteiger partial charge in [-0.25, -0.2) is 0 Å². The van der Waals surface area contributed by atoms with E-state index in [0.717, 1.165) is 12.1 Å². The molecule has 0 aromatic carbocycles. The van der Waals surface area contributed by atoms with Crippen LogP contribution in [-0.4, -0.2) is 20.6 Å². The lowest BCUT2D eigenvalue weighted by Crippen LogP contribution is -2.19. The molecule has 2 fully saturated rings. The van der Waals surface area contributed by atoms with Gasteiger partial charge in [0.05, 0.1) is 18.2 Å². The average Bonchev–Trinajstić information content (AvgIpc) is 3.18. The summed E-state index contributed by atoms with van der Waals surface area (Å²) in [6.45, 7) is 0. The summed E-state index contributed by atoms with van der Waals surface area (Å²) >= 11 is 1.44. The second-order valence-corrected chi connectivity index (χ2v) is 6.33. The van der Waals surface area contributed by atoms with Gasteiger partial charge in [0.1, 0.15) is 6.10 Å². The molecule has 1 aliphatic carbocycles. The molecule has 1 saturated heterocycles. The zero-order chi connectivity index (χ0) is 13.4. The van der Waals surface area contributed by atoms with E-state index >= 15 is 0 Å². The highest BCUT2D eigenvalue weighted by Crippen LogP contribution is 2.43. The van der Waals surface area contributed by atoms with Crippen molar-refractivity contribution in [2.24, 2.45) is 5.92 Å². The van der Waals surface area contributed by atoms with Crippen molar-refractivity contribution in [1.82, 2.24) is 14.5 Å². The molecule has 1 unspecified atom stereocenters. The highest BCUT2D eigenvalue weighted by Gasteiger charge is 2.39. The van der Waals surface area contributed by atoms with Gasteiger partial charge in [0.2, 0.25) is 0 Å². The van der Waals surface area contributed by atoms with Gasteiger partial charge >= 0.3 is 0 Å². The molecular weight excluding hydrogens is 274 g/mol. The standard InChI is InChI=1S/C14H17N3O2S/c1-2-4-11-9(3-1)7-12(18-11)14-15-13(16-19-14)8-10-5-6-20-17-10/h5-6,9,11-12H,1-4,7-8H2/t9-,11+,12?/m0/s1. The predicted octanol–water partition coefficient (Wildman–Crippen LogP) is 3.14. The molecule has 4 rings (SSSR count). The fourth-order valence-electron chi connectivity index (χ4n) is 3.28. The van der Waals surface area contributed by atoms with Crippen LogP contribution in [0.3, 0.4) is 0 Å². The molecule has 0 N–H and O–H groups in total. The van der Waals surface area contributed by atoms with E-state index < -0.39 is 0 Å². The first-order valence-corrected chi connectivity index (χ1v) is 8.09. The Hall–Kier alpha value is -1.27. The summed E-state index contributed by atoms with van der Waals surface area (Å²) < 4.78 is 15.7. The van der Waals surface area contributed by atoms with Crippen LogP contribution in [0.5, 0.6) is 0 Å². The topological polar surface area (TPSA) is 61.0 Å². The fraction of sp³-hybridized carbons (Fsp3) is 0.643. The molecule has 1 aliphatic heterocycles. The molecule has 0 spiro atoms. The largest absolute Gasteiger partial charge is 0.365 e. The van der Waals surface area contributed by atoms with E-state index in [1.54, 1.807) is 0 Å². The number of hydrogen-bond donors (Lipinski definition) is 0. The van der Waals surface area contributed by atoms with Crippen molar-refractivity contribution in [3.05, 3.63) is 28.9 Å². The Morgan fingerprint density at radius 1 is 1.30 bits per heavy atom. The molecule has 5 nitrogen and oxygen atoms in total. The Morgan fingerprint density at radius 3 is 3.10 bits per heavy atom. The van der Waals surface area contributed by atoms with Crippen LogP contribution in [0.2, 0.25) is 0 Å². The number of fused-ring (bicyclic) bond motifs is 1. The van der Waals surface area contributed by atoms with Crippen molar-refractivity contribution in [3.63, 3.8) is 0 Å². The Bertz CT molecular complexity index is 555. The summed E-state index contributed by atoms with van der Waals surface area (Å²) in [5.74, 6) is 2.02. The maximum atomic E-state index is 6.09. The summed E-state index contributed by atoms with van der Waals surface area (Å²) in [4.78, 5) is 4.49. The summed E-state index contributed by atoms with van der Waals surface area (Å²) in [5, 5.41) is 6.01. The van der Waals surface area contributed by atoms with Crippen molar-refractivity contribution in [2.75, 3.05) is 0 Å². The third-order valence-electron chi connectivity index (χ3n) is 4.28. The molecule has 2 aliphatic rings. The first kappa shape index (κ1) is 12.5. The predicted molar refractivity (Wildman–Crippen MR) is 73.4 cm³/mol. The minimum atomic E-state index is -0.000200. The van der Waals surface area contributed by atoms with Crippen LogP contribution < -0.4 is 0 Å². The van der Waals surface area contributed by atoms with Gasteiger partial charge in [-0.2, -0.15) is 9.36 Å². The van der Waals surface area contributed by atoms with E-state index in [1.165, 1.54) is 37.2 Å². The van der Waals surface area contributed by atoms with E-state index in [1.807, 2.05) is 11.4 Å². The average molecular weight is 291 g/mol. The molecule has 3 heterocycles. The lowest BCUT2D eigenvalue weighted by Gasteiger charge is -2.22. The maximum Gasteiger partial charge on any atom is 0.255 e. The van der Waals surface area contributed by atoms with Crippen LogP contribution in [-0.2, 0) is 11.2 Å². The highest BCUT2D eigenvalue weighted by molar-refractivity contribution is 7.03. The van der Waals surface area contributed by atoms with E-state index in [9.17, 15) is 0 Å². The number of nitrogens with zero attached hydrogens (tertiary/aromatic N) is 3. The Morgan fingerprint density at radius 2 is 2.25 bits per heavy atom. The maximum absolute atomic E-state index is 6.09. The Labute approximate surface area is 121 Å². The van der Waals surface area contributed by atoms with Gasteiger partial charge in [0, 0.05) is 5.38 Å². The summed E-state index contributed by atoms with van der Waals surface area (Å²) in [5.41, 5.74) is 0.989. The second-order valence-electron chi connectivity index (χ2n) is 5.66. The fourth-order valence-corrected chi connectivity index (χ4v) is 3.82. The van der Waals surface area contributed by atoms with Gasteiger partial charge in [-0.15, -0.1) is 0 Å². The SMILES string of the molecule is c1cc(Cc2noc(C3C[C@@H]4CCCC[C@H]4O3)n2)ns1. The molecule has 106 valence electrons. The number of rotatable bonds is 3. The lowest BCUT2D eigenvalue weighted by molar-refractivity contribution is 0.00454. The van der Waals surface area contributed by atoms with Gasteiger partial charge in [0.25, 0.3) is 5.89 Å². The lowest BCUT2D eigenvalue weighted by atomic mass is 9.85. The van der Waals surface area contributed by atoms with E-state index in [0.29, 0.717) is 30.2 Å². The zero-order valence-corrected chi connectivity index (χ0v) is 12.0. The van der Waals surface area contributed by atoms with Gasteiger partial charge in [-0.1, -0.05) is 18.0 Å². The minimum absolute atomic E-state index is 0.000200. The molecular formula is C14H17N3O2S. The molecule has 0 amide bonds. The molecule has 1 saturated carbocycles.